The molecule has 0 aliphatic rings. The monoisotopic (exact) mass is 304 g/mol. The minimum Gasteiger partial charge on any atom is -0.493 e. The van der Waals surface area contributed by atoms with Gasteiger partial charge in [0.15, 0.2) is 0 Å². The number of nitrogens with one attached hydrogen (secondary N) is 1. The molecule has 120 valence electrons. The lowest BCUT2D eigenvalue weighted by molar-refractivity contribution is -0.136. The van der Waals surface area contributed by atoms with Crippen LogP contribution in [0.15, 0.2) is 18.2 Å². The Morgan fingerprint density at radius 1 is 1.45 bits per heavy atom. The summed E-state index contributed by atoms with van der Waals surface area (Å²) < 4.78 is 10.9. The number of rotatable bonds is 7. The summed E-state index contributed by atoms with van der Waals surface area (Å²) in [7, 11) is 1.50. The van der Waals surface area contributed by atoms with E-state index in [4.69, 9.17) is 9.47 Å². The minimum absolute atomic E-state index is 0.273. The third kappa shape index (κ3) is 4.47. The molecule has 0 aliphatic carbocycles. The molecule has 5 nitrogen and oxygen atoms in total. The average molecular weight is 304 g/mol. The maximum atomic E-state index is 12.3. The molecule has 1 aromatic rings. The Morgan fingerprint density at radius 2 is 2.14 bits per heavy atom. The molecule has 0 saturated carbocycles. The molecule has 1 amide bonds. The van der Waals surface area contributed by atoms with Crippen LogP contribution in [0.1, 0.15) is 39.7 Å². The quantitative estimate of drug-likeness (QED) is 0.838. The maximum Gasteiger partial charge on any atom is 0.256 e. The van der Waals surface area contributed by atoms with Gasteiger partial charge >= 0.3 is 0 Å². The lowest BCUT2D eigenvalue weighted by Crippen LogP contribution is -2.41. The SMILES string of the molecule is CC[C@@](C)(OC)C(=O)Nc1ccc(OCC(C)C)cc1C#N. The third-order valence-corrected chi connectivity index (χ3v) is 3.55. The molecule has 0 saturated heterocycles. The van der Waals surface area contributed by atoms with Crippen LogP contribution in [0.2, 0.25) is 0 Å². The number of hydrogen-bond donors (Lipinski definition) is 1. The summed E-state index contributed by atoms with van der Waals surface area (Å²) >= 11 is 0. The van der Waals surface area contributed by atoms with Gasteiger partial charge in [0.05, 0.1) is 17.9 Å². The molecule has 0 unspecified atom stereocenters. The van der Waals surface area contributed by atoms with Crippen molar-refractivity contribution in [3.8, 4) is 11.8 Å². The van der Waals surface area contributed by atoms with Crippen LogP contribution in [0.5, 0.6) is 5.75 Å². The summed E-state index contributed by atoms with van der Waals surface area (Å²) in [6, 6.07) is 7.14. The highest BCUT2D eigenvalue weighted by atomic mass is 16.5. The van der Waals surface area contributed by atoms with Crippen LogP contribution in [0.4, 0.5) is 5.69 Å². The molecule has 0 aromatic heterocycles. The third-order valence-electron chi connectivity index (χ3n) is 3.55. The standard InChI is InChI=1S/C17H24N2O3/c1-6-17(4,21-5)16(20)19-15-8-7-14(9-13(15)10-18)22-11-12(2)3/h7-9,12H,6,11H2,1-5H3,(H,19,20)/t17-/m1/s1. The van der Waals surface area contributed by atoms with Gasteiger partial charge in [-0.05, 0) is 37.5 Å². The van der Waals surface area contributed by atoms with Gasteiger partial charge in [-0.1, -0.05) is 20.8 Å². The number of methoxy groups -OCH3 is 1. The largest absolute Gasteiger partial charge is 0.493 e. The lowest BCUT2D eigenvalue weighted by Gasteiger charge is -2.25. The Kier molecular flexibility index (Phi) is 6.39. The van der Waals surface area contributed by atoms with E-state index in [0.29, 0.717) is 35.9 Å². The van der Waals surface area contributed by atoms with Crippen LogP contribution >= 0.6 is 0 Å². The zero-order valence-corrected chi connectivity index (χ0v) is 13.9. The topological polar surface area (TPSA) is 71.3 Å². The molecule has 1 aromatic carbocycles. The van der Waals surface area contributed by atoms with Crippen LogP contribution in [0.3, 0.4) is 0 Å². The van der Waals surface area contributed by atoms with Crippen LogP contribution in [0, 0.1) is 17.2 Å². The van der Waals surface area contributed by atoms with Crippen LogP contribution in [-0.2, 0) is 9.53 Å². The molecule has 1 atom stereocenters. The second-order valence-corrected chi connectivity index (χ2v) is 5.77. The number of carbonyl (C=O) groups excluding carboxylic acids is 1. The molecule has 0 heterocycles. The maximum absolute atomic E-state index is 12.3. The summed E-state index contributed by atoms with van der Waals surface area (Å²) in [4.78, 5) is 12.3. The van der Waals surface area contributed by atoms with Gasteiger partial charge in [0.25, 0.3) is 5.91 Å². The first kappa shape index (κ1) is 18.0. The van der Waals surface area contributed by atoms with Crippen LogP contribution in [0.25, 0.3) is 0 Å². The summed E-state index contributed by atoms with van der Waals surface area (Å²) in [5.74, 6) is 0.745. The number of benzene rings is 1. The fourth-order valence-corrected chi connectivity index (χ4v) is 1.73. The zero-order chi connectivity index (χ0) is 16.8. The van der Waals surface area contributed by atoms with Crippen molar-refractivity contribution in [1.82, 2.24) is 0 Å². The molecular formula is C17H24N2O3. The number of amides is 1. The number of nitriles is 1. The van der Waals surface area contributed by atoms with E-state index in [1.165, 1.54) is 7.11 Å². The number of carbonyl (C=O) groups is 1. The Morgan fingerprint density at radius 3 is 2.64 bits per heavy atom. The van der Waals surface area contributed by atoms with Crippen LogP contribution in [-0.4, -0.2) is 25.2 Å². The molecule has 5 heteroatoms. The van der Waals surface area contributed by atoms with Gasteiger partial charge in [-0.25, -0.2) is 0 Å². The minimum atomic E-state index is -0.917. The van der Waals surface area contributed by atoms with Crippen molar-refractivity contribution >= 4 is 11.6 Å². The van der Waals surface area contributed by atoms with Gasteiger partial charge < -0.3 is 14.8 Å². The highest BCUT2D eigenvalue weighted by Gasteiger charge is 2.31. The highest BCUT2D eigenvalue weighted by Crippen LogP contribution is 2.24. The summed E-state index contributed by atoms with van der Waals surface area (Å²) in [6.45, 7) is 8.27. The number of ether oxygens (including phenoxy) is 2. The van der Waals surface area contributed by atoms with E-state index in [-0.39, 0.29) is 5.91 Å². The van der Waals surface area contributed by atoms with E-state index in [1.54, 1.807) is 25.1 Å². The predicted octanol–water partition coefficient (Wildman–Crippen LogP) is 3.35. The molecule has 0 fully saturated rings. The van der Waals surface area contributed by atoms with Gasteiger partial charge in [0.1, 0.15) is 17.4 Å². The molecule has 0 aliphatic heterocycles. The second-order valence-electron chi connectivity index (χ2n) is 5.77. The molecule has 1 N–H and O–H groups in total. The summed E-state index contributed by atoms with van der Waals surface area (Å²) in [5.41, 5.74) is -0.0928. The van der Waals surface area contributed by atoms with Crippen molar-refractivity contribution in [3.63, 3.8) is 0 Å². The smallest absolute Gasteiger partial charge is 0.256 e. The van der Waals surface area contributed by atoms with E-state index >= 15 is 0 Å². The van der Waals surface area contributed by atoms with E-state index in [1.807, 2.05) is 6.92 Å². The first-order valence-corrected chi connectivity index (χ1v) is 7.39. The Balaban J connectivity index is 2.92. The average Bonchev–Trinajstić information content (AvgIpc) is 2.52. The lowest BCUT2D eigenvalue weighted by atomic mass is 10.0. The van der Waals surface area contributed by atoms with Crippen molar-refractivity contribution in [1.29, 1.82) is 5.26 Å². The molecule has 0 spiro atoms. The Bertz CT molecular complexity index is 558. The van der Waals surface area contributed by atoms with Crippen LogP contribution < -0.4 is 10.1 Å². The van der Waals surface area contributed by atoms with Crippen molar-refractivity contribution in [3.05, 3.63) is 23.8 Å². The Hall–Kier alpha value is -2.06. The zero-order valence-electron chi connectivity index (χ0n) is 13.9. The first-order chi connectivity index (χ1) is 10.4. The first-order valence-electron chi connectivity index (χ1n) is 7.39. The van der Waals surface area contributed by atoms with E-state index in [0.717, 1.165) is 0 Å². The molecular weight excluding hydrogens is 280 g/mol. The number of hydrogen-bond acceptors (Lipinski definition) is 4. The van der Waals surface area contributed by atoms with Crippen molar-refractivity contribution in [2.75, 3.05) is 19.0 Å². The fourth-order valence-electron chi connectivity index (χ4n) is 1.73. The van der Waals surface area contributed by atoms with Gasteiger partial charge in [0.2, 0.25) is 0 Å². The van der Waals surface area contributed by atoms with Crippen molar-refractivity contribution in [2.24, 2.45) is 5.92 Å². The molecule has 22 heavy (non-hydrogen) atoms. The summed E-state index contributed by atoms with van der Waals surface area (Å²) in [5, 5.41) is 12.0. The van der Waals surface area contributed by atoms with Gasteiger partial charge in [-0.2, -0.15) is 5.26 Å². The van der Waals surface area contributed by atoms with Crippen molar-refractivity contribution < 1.29 is 14.3 Å². The fraction of sp³-hybridized carbons (Fsp3) is 0.529. The second kappa shape index (κ2) is 7.81. The predicted molar refractivity (Wildman–Crippen MR) is 85.8 cm³/mol. The molecule has 0 radical (unpaired) electrons. The number of nitrogens with zero attached hydrogens (tertiary/aromatic N) is 1. The summed E-state index contributed by atoms with van der Waals surface area (Å²) in [6.07, 6.45) is 0.535. The van der Waals surface area contributed by atoms with Gasteiger partial charge in [-0.15, -0.1) is 0 Å². The number of anilines is 1. The van der Waals surface area contributed by atoms with E-state index in [9.17, 15) is 10.1 Å². The Labute approximate surface area is 132 Å². The van der Waals surface area contributed by atoms with E-state index < -0.39 is 5.60 Å². The van der Waals surface area contributed by atoms with Crippen molar-refractivity contribution in [2.45, 2.75) is 39.7 Å². The normalized spacial score (nSPS) is 13.3. The van der Waals surface area contributed by atoms with E-state index in [2.05, 4.69) is 25.2 Å². The molecule has 1 rings (SSSR count). The van der Waals surface area contributed by atoms with Gasteiger partial charge in [0, 0.05) is 7.11 Å². The highest BCUT2D eigenvalue weighted by molar-refractivity contribution is 5.98. The van der Waals surface area contributed by atoms with Gasteiger partial charge in [-0.3, -0.25) is 4.79 Å². The molecule has 0 bridgehead atoms.